The van der Waals surface area contributed by atoms with E-state index in [1.54, 1.807) is 30.3 Å². The van der Waals surface area contributed by atoms with Gasteiger partial charge in [0.05, 0.1) is 6.54 Å². The highest BCUT2D eigenvalue weighted by Crippen LogP contribution is 2.16. The van der Waals surface area contributed by atoms with Gasteiger partial charge < -0.3 is 14.8 Å². The Balaban J connectivity index is 1.77. The molecule has 0 fully saturated rings. The Bertz CT molecular complexity index is 672. The third-order valence-electron chi connectivity index (χ3n) is 3.34. The van der Waals surface area contributed by atoms with Crippen molar-refractivity contribution in [1.29, 1.82) is 0 Å². The molecule has 0 atom stereocenters. The van der Waals surface area contributed by atoms with E-state index in [1.807, 2.05) is 26.0 Å². The molecule has 126 valence electrons. The first kappa shape index (κ1) is 17.6. The fourth-order valence-electron chi connectivity index (χ4n) is 2.31. The molecule has 2 aromatic carbocycles. The first-order chi connectivity index (χ1) is 11.6. The third-order valence-corrected chi connectivity index (χ3v) is 3.34. The Morgan fingerprint density at radius 3 is 2.33 bits per heavy atom. The van der Waals surface area contributed by atoms with Gasteiger partial charge in [-0.25, -0.2) is 0 Å². The number of hydrogen-bond acceptors (Lipinski definition) is 3. The Hall–Kier alpha value is -2.75. The van der Waals surface area contributed by atoms with Crippen LogP contribution < -0.4 is 14.8 Å². The fourth-order valence-corrected chi connectivity index (χ4v) is 2.31. The van der Waals surface area contributed by atoms with Crippen LogP contribution in [0.4, 0.5) is 0 Å². The molecule has 0 spiro atoms. The summed E-state index contributed by atoms with van der Waals surface area (Å²) in [7, 11) is 0. The number of hydrogen-bond donors (Lipinski definition) is 1. The van der Waals surface area contributed by atoms with Crippen LogP contribution in [-0.4, -0.2) is 25.7 Å². The van der Waals surface area contributed by atoms with Crippen molar-refractivity contribution in [2.24, 2.45) is 0 Å². The molecular formula is C20H23NO3. The van der Waals surface area contributed by atoms with E-state index in [0.717, 1.165) is 16.9 Å². The molecule has 0 bridgehead atoms. The van der Waals surface area contributed by atoms with Gasteiger partial charge in [-0.05, 0) is 61.4 Å². The lowest BCUT2D eigenvalue weighted by Crippen LogP contribution is -2.28. The molecule has 0 aliphatic heterocycles. The van der Waals surface area contributed by atoms with Crippen molar-refractivity contribution in [1.82, 2.24) is 5.32 Å². The van der Waals surface area contributed by atoms with Crippen LogP contribution in [-0.2, 0) is 0 Å². The molecule has 4 heteroatoms. The molecule has 2 aromatic rings. The number of aryl methyl sites for hydroxylation is 2. The Morgan fingerprint density at radius 1 is 1.04 bits per heavy atom. The maximum absolute atomic E-state index is 12.1. The van der Waals surface area contributed by atoms with Gasteiger partial charge in [-0.2, -0.15) is 0 Å². The van der Waals surface area contributed by atoms with Crippen molar-refractivity contribution in [2.75, 3.05) is 19.8 Å². The van der Waals surface area contributed by atoms with Crippen LogP contribution in [0.2, 0.25) is 0 Å². The van der Waals surface area contributed by atoms with Crippen LogP contribution in [0.3, 0.4) is 0 Å². The molecule has 0 heterocycles. The van der Waals surface area contributed by atoms with Crippen LogP contribution in [0.5, 0.6) is 11.5 Å². The van der Waals surface area contributed by atoms with Crippen molar-refractivity contribution in [3.8, 4) is 11.5 Å². The van der Waals surface area contributed by atoms with Gasteiger partial charge in [-0.15, -0.1) is 0 Å². The third kappa shape index (κ3) is 5.47. The largest absolute Gasteiger partial charge is 0.492 e. The smallest absolute Gasteiger partial charge is 0.251 e. The normalized spacial score (nSPS) is 10.1. The topological polar surface area (TPSA) is 47.6 Å². The summed E-state index contributed by atoms with van der Waals surface area (Å²) in [5, 5.41) is 2.84. The van der Waals surface area contributed by atoms with Crippen molar-refractivity contribution in [2.45, 2.75) is 13.8 Å². The quantitative estimate of drug-likeness (QED) is 0.595. The number of ether oxygens (including phenoxy) is 2. The molecule has 0 saturated heterocycles. The minimum atomic E-state index is -0.130. The summed E-state index contributed by atoms with van der Waals surface area (Å²) in [5.41, 5.74) is 2.91. The second-order valence-electron chi connectivity index (χ2n) is 5.55. The first-order valence-electron chi connectivity index (χ1n) is 7.91. The number of carbonyl (C=O) groups excluding carboxylic acids is 1. The highest BCUT2D eigenvalue weighted by Gasteiger charge is 2.05. The highest BCUT2D eigenvalue weighted by molar-refractivity contribution is 5.94. The second kappa shape index (κ2) is 8.77. The number of carbonyl (C=O) groups is 1. The zero-order valence-corrected chi connectivity index (χ0v) is 14.2. The van der Waals surface area contributed by atoms with Gasteiger partial charge in [0.25, 0.3) is 5.91 Å². The van der Waals surface area contributed by atoms with E-state index in [0.29, 0.717) is 31.1 Å². The Morgan fingerprint density at radius 2 is 1.71 bits per heavy atom. The van der Waals surface area contributed by atoms with E-state index in [9.17, 15) is 4.79 Å². The van der Waals surface area contributed by atoms with Crippen molar-refractivity contribution >= 4 is 5.91 Å². The van der Waals surface area contributed by atoms with Crippen molar-refractivity contribution in [3.63, 3.8) is 0 Å². The molecule has 0 aliphatic rings. The van der Waals surface area contributed by atoms with Gasteiger partial charge in [0.1, 0.15) is 24.7 Å². The molecule has 4 nitrogen and oxygen atoms in total. The zero-order chi connectivity index (χ0) is 17.4. The summed E-state index contributed by atoms with van der Waals surface area (Å²) in [6.07, 6.45) is 1.68. The SMILES string of the molecule is C=CCOc1ccc(C(=O)NCCOc2cc(C)cc(C)c2)cc1. The number of benzene rings is 2. The van der Waals surface area contributed by atoms with E-state index in [2.05, 4.69) is 18.0 Å². The molecular weight excluding hydrogens is 302 g/mol. The van der Waals surface area contributed by atoms with Crippen LogP contribution in [0.1, 0.15) is 21.5 Å². The lowest BCUT2D eigenvalue weighted by molar-refractivity contribution is 0.0947. The average Bonchev–Trinajstić information content (AvgIpc) is 2.56. The monoisotopic (exact) mass is 325 g/mol. The summed E-state index contributed by atoms with van der Waals surface area (Å²) in [6, 6.07) is 13.1. The minimum absolute atomic E-state index is 0.130. The van der Waals surface area contributed by atoms with Gasteiger partial charge in [0, 0.05) is 5.56 Å². The summed E-state index contributed by atoms with van der Waals surface area (Å²) in [6.45, 7) is 8.97. The van der Waals surface area contributed by atoms with E-state index in [1.165, 1.54) is 0 Å². The van der Waals surface area contributed by atoms with E-state index >= 15 is 0 Å². The maximum Gasteiger partial charge on any atom is 0.251 e. The predicted molar refractivity (Wildman–Crippen MR) is 95.9 cm³/mol. The minimum Gasteiger partial charge on any atom is -0.492 e. The molecule has 0 aliphatic carbocycles. The molecule has 24 heavy (non-hydrogen) atoms. The van der Waals surface area contributed by atoms with E-state index in [-0.39, 0.29) is 5.91 Å². The van der Waals surface area contributed by atoms with E-state index < -0.39 is 0 Å². The van der Waals surface area contributed by atoms with E-state index in [4.69, 9.17) is 9.47 Å². The van der Waals surface area contributed by atoms with Gasteiger partial charge in [-0.3, -0.25) is 4.79 Å². The van der Waals surface area contributed by atoms with Gasteiger partial charge >= 0.3 is 0 Å². The molecule has 1 N–H and O–H groups in total. The standard InChI is InChI=1S/C20H23NO3/c1-4-10-23-18-7-5-17(6-8-18)20(22)21-9-11-24-19-13-15(2)12-16(3)14-19/h4-8,12-14H,1,9-11H2,2-3H3,(H,21,22). The second-order valence-corrected chi connectivity index (χ2v) is 5.55. The highest BCUT2D eigenvalue weighted by atomic mass is 16.5. The van der Waals surface area contributed by atoms with Crippen LogP contribution in [0.25, 0.3) is 0 Å². The molecule has 2 rings (SSSR count). The molecule has 0 aromatic heterocycles. The first-order valence-corrected chi connectivity index (χ1v) is 7.91. The summed E-state index contributed by atoms with van der Waals surface area (Å²) in [4.78, 5) is 12.1. The number of nitrogens with one attached hydrogen (secondary N) is 1. The predicted octanol–water partition coefficient (Wildman–Crippen LogP) is 3.68. The van der Waals surface area contributed by atoms with Crippen LogP contribution in [0.15, 0.2) is 55.1 Å². The summed E-state index contributed by atoms with van der Waals surface area (Å²) < 4.78 is 11.1. The van der Waals surface area contributed by atoms with Gasteiger partial charge in [0.15, 0.2) is 0 Å². The summed E-state index contributed by atoms with van der Waals surface area (Å²) in [5.74, 6) is 1.41. The lowest BCUT2D eigenvalue weighted by Gasteiger charge is -2.10. The molecule has 0 saturated carbocycles. The zero-order valence-electron chi connectivity index (χ0n) is 14.2. The molecule has 0 radical (unpaired) electrons. The lowest BCUT2D eigenvalue weighted by atomic mass is 10.1. The molecule has 0 unspecified atom stereocenters. The van der Waals surface area contributed by atoms with Gasteiger partial charge in [0.2, 0.25) is 0 Å². The fraction of sp³-hybridized carbons (Fsp3) is 0.250. The summed E-state index contributed by atoms with van der Waals surface area (Å²) >= 11 is 0. The molecule has 1 amide bonds. The van der Waals surface area contributed by atoms with Crippen LogP contribution in [0, 0.1) is 13.8 Å². The van der Waals surface area contributed by atoms with Crippen molar-refractivity contribution in [3.05, 3.63) is 71.8 Å². The van der Waals surface area contributed by atoms with Crippen LogP contribution >= 0.6 is 0 Å². The Labute approximate surface area is 143 Å². The number of rotatable bonds is 8. The average molecular weight is 325 g/mol. The maximum atomic E-state index is 12.1. The number of amides is 1. The van der Waals surface area contributed by atoms with Gasteiger partial charge in [-0.1, -0.05) is 18.7 Å². The van der Waals surface area contributed by atoms with Crippen molar-refractivity contribution < 1.29 is 14.3 Å². The Kier molecular flexibility index (Phi) is 6.43.